The molecule has 2 N–H and O–H groups in total. The monoisotopic (exact) mass is 285 g/mol. The second-order valence-electron chi connectivity index (χ2n) is 4.52. The molecule has 1 aromatic rings. The number of rotatable bonds is 8. The molecule has 0 saturated heterocycles. The third kappa shape index (κ3) is 5.85. The van der Waals surface area contributed by atoms with Gasteiger partial charge in [0.05, 0.1) is 11.5 Å². The molecule has 0 radical (unpaired) electrons. The van der Waals surface area contributed by atoms with Gasteiger partial charge in [-0.2, -0.15) is 0 Å². The lowest BCUT2D eigenvalue weighted by atomic mass is 10.1. The standard InChI is InChI=1S/C13H19NO4S/c1-9(2)5-7-18-8-6-14-12(15)10-3-4-11(19-10)13(16)17/h3-4,9H,5-8H2,1-2H3,(H,14,15)(H,16,17). The maximum Gasteiger partial charge on any atom is 0.345 e. The Hall–Kier alpha value is -1.40. The van der Waals surface area contributed by atoms with Crippen LogP contribution in [0, 0.1) is 5.92 Å². The molecule has 0 aliphatic carbocycles. The van der Waals surface area contributed by atoms with Crippen molar-refractivity contribution in [2.24, 2.45) is 5.92 Å². The van der Waals surface area contributed by atoms with Crippen molar-refractivity contribution in [3.05, 3.63) is 21.9 Å². The number of hydrogen-bond donors (Lipinski definition) is 2. The molecule has 0 unspecified atom stereocenters. The van der Waals surface area contributed by atoms with E-state index in [1.807, 2.05) is 0 Å². The van der Waals surface area contributed by atoms with E-state index in [4.69, 9.17) is 9.84 Å². The molecule has 19 heavy (non-hydrogen) atoms. The highest BCUT2D eigenvalue weighted by Gasteiger charge is 2.12. The van der Waals surface area contributed by atoms with Crippen molar-refractivity contribution < 1.29 is 19.4 Å². The first-order valence-electron chi connectivity index (χ1n) is 6.19. The smallest absolute Gasteiger partial charge is 0.345 e. The van der Waals surface area contributed by atoms with Crippen LogP contribution in [-0.4, -0.2) is 36.7 Å². The summed E-state index contributed by atoms with van der Waals surface area (Å²) in [4.78, 5) is 22.9. The molecule has 0 aliphatic rings. The van der Waals surface area contributed by atoms with Crippen molar-refractivity contribution in [2.75, 3.05) is 19.8 Å². The minimum atomic E-state index is -1.01. The molecule has 1 aromatic heterocycles. The third-order valence-electron chi connectivity index (χ3n) is 2.41. The molecule has 106 valence electrons. The molecule has 0 atom stereocenters. The Labute approximate surface area is 116 Å². The Morgan fingerprint density at radius 2 is 2.00 bits per heavy atom. The normalized spacial score (nSPS) is 10.7. The van der Waals surface area contributed by atoms with Gasteiger partial charge in [-0.25, -0.2) is 4.79 Å². The Morgan fingerprint density at radius 3 is 2.58 bits per heavy atom. The molecule has 1 rings (SSSR count). The minimum absolute atomic E-state index is 0.165. The molecular weight excluding hydrogens is 266 g/mol. The largest absolute Gasteiger partial charge is 0.477 e. The van der Waals surface area contributed by atoms with Gasteiger partial charge in [0.25, 0.3) is 5.91 Å². The van der Waals surface area contributed by atoms with Crippen molar-refractivity contribution in [2.45, 2.75) is 20.3 Å². The summed E-state index contributed by atoms with van der Waals surface area (Å²) in [5.41, 5.74) is 0. The summed E-state index contributed by atoms with van der Waals surface area (Å²) in [5, 5.41) is 11.4. The van der Waals surface area contributed by atoms with Crippen LogP contribution < -0.4 is 5.32 Å². The summed E-state index contributed by atoms with van der Waals surface area (Å²) in [6.07, 6.45) is 1.00. The van der Waals surface area contributed by atoms with Crippen molar-refractivity contribution in [1.82, 2.24) is 5.32 Å². The summed E-state index contributed by atoms with van der Waals surface area (Å²) in [6.45, 7) is 5.84. The fraction of sp³-hybridized carbons (Fsp3) is 0.538. The van der Waals surface area contributed by atoms with Crippen LogP contribution in [0.5, 0.6) is 0 Å². The predicted octanol–water partition coefficient (Wildman–Crippen LogP) is 2.24. The van der Waals surface area contributed by atoms with Gasteiger partial charge in [0.2, 0.25) is 0 Å². The average molecular weight is 285 g/mol. The molecule has 0 bridgehead atoms. The van der Waals surface area contributed by atoms with Crippen molar-refractivity contribution in [1.29, 1.82) is 0 Å². The molecule has 6 heteroatoms. The van der Waals surface area contributed by atoms with E-state index in [0.717, 1.165) is 17.8 Å². The van der Waals surface area contributed by atoms with Gasteiger partial charge in [-0.05, 0) is 24.5 Å². The summed E-state index contributed by atoms with van der Waals surface area (Å²) < 4.78 is 5.37. The number of aromatic carboxylic acids is 1. The number of carbonyl (C=O) groups is 2. The summed E-state index contributed by atoms with van der Waals surface area (Å²) in [6, 6.07) is 2.95. The Balaban J connectivity index is 2.22. The highest BCUT2D eigenvalue weighted by Crippen LogP contribution is 2.15. The number of carboxylic acid groups (broad SMARTS) is 1. The SMILES string of the molecule is CC(C)CCOCCNC(=O)c1ccc(C(=O)O)s1. The van der Waals surface area contributed by atoms with Gasteiger partial charge in [0, 0.05) is 13.2 Å². The number of hydrogen-bond acceptors (Lipinski definition) is 4. The lowest BCUT2D eigenvalue weighted by Gasteiger charge is -2.07. The van der Waals surface area contributed by atoms with Crippen LogP contribution in [0.1, 0.15) is 39.6 Å². The summed E-state index contributed by atoms with van der Waals surface area (Å²) >= 11 is 0.969. The van der Waals surface area contributed by atoms with Crippen LogP contribution in [0.3, 0.4) is 0 Å². The number of carboxylic acids is 1. The summed E-state index contributed by atoms with van der Waals surface area (Å²) in [5.74, 6) is -0.666. The van der Waals surface area contributed by atoms with E-state index < -0.39 is 5.97 Å². The van der Waals surface area contributed by atoms with Gasteiger partial charge >= 0.3 is 5.97 Å². The molecule has 0 saturated carbocycles. The van der Waals surface area contributed by atoms with Crippen molar-refractivity contribution in [3.8, 4) is 0 Å². The Morgan fingerprint density at radius 1 is 1.32 bits per heavy atom. The quantitative estimate of drug-likeness (QED) is 0.718. The Kier molecular flexibility index (Phi) is 6.52. The van der Waals surface area contributed by atoms with Crippen molar-refractivity contribution in [3.63, 3.8) is 0 Å². The molecule has 5 nitrogen and oxygen atoms in total. The fourth-order valence-corrected chi connectivity index (χ4v) is 2.08. The number of amides is 1. The Bertz CT molecular complexity index is 428. The van der Waals surface area contributed by atoms with E-state index in [-0.39, 0.29) is 10.8 Å². The number of thiophene rings is 1. The van der Waals surface area contributed by atoms with Crippen LogP contribution in [0.25, 0.3) is 0 Å². The number of carbonyl (C=O) groups excluding carboxylic acids is 1. The highest BCUT2D eigenvalue weighted by atomic mass is 32.1. The van der Waals surface area contributed by atoms with E-state index >= 15 is 0 Å². The van der Waals surface area contributed by atoms with Gasteiger partial charge in [-0.3, -0.25) is 4.79 Å². The van der Waals surface area contributed by atoms with Crippen LogP contribution >= 0.6 is 11.3 Å². The zero-order chi connectivity index (χ0) is 14.3. The average Bonchev–Trinajstić information content (AvgIpc) is 2.82. The molecular formula is C13H19NO4S. The zero-order valence-electron chi connectivity index (χ0n) is 11.1. The van der Waals surface area contributed by atoms with E-state index in [1.54, 1.807) is 0 Å². The first-order chi connectivity index (χ1) is 9.00. The molecule has 0 aromatic carbocycles. The molecule has 0 fully saturated rings. The third-order valence-corrected chi connectivity index (χ3v) is 3.48. The summed E-state index contributed by atoms with van der Waals surface area (Å²) in [7, 11) is 0. The van der Waals surface area contributed by atoms with Gasteiger partial charge in [-0.1, -0.05) is 13.8 Å². The van der Waals surface area contributed by atoms with E-state index in [1.165, 1.54) is 12.1 Å². The van der Waals surface area contributed by atoms with E-state index in [2.05, 4.69) is 19.2 Å². The van der Waals surface area contributed by atoms with Crippen LogP contribution in [-0.2, 0) is 4.74 Å². The van der Waals surface area contributed by atoms with Crippen LogP contribution in [0.15, 0.2) is 12.1 Å². The van der Waals surface area contributed by atoms with Crippen molar-refractivity contribution >= 4 is 23.2 Å². The van der Waals surface area contributed by atoms with E-state index in [0.29, 0.717) is 30.6 Å². The fourth-order valence-electron chi connectivity index (χ4n) is 1.32. The van der Waals surface area contributed by atoms with Gasteiger partial charge in [0.15, 0.2) is 0 Å². The number of nitrogens with one attached hydrogen (secondary N) is 1. The van der Waals surface area contributed by atoms with Crippen LogP contribution in [0.4, 0.5) is 0 Å². The predicted molar refractivity (Wildman–Crippen MR) is 73.9 cm³/mol. The highest BCUT2D eigenvalue weighted by molar-refractivity contribution is 7.15. The van der Waals surface area contributed by atoms with Gasteiger partial charge < -0.3 is 15.2 Å². The lowest BCUT2D eigenvalue weighted by Crippen LogP contribution is -2.26. The number of ether oxygens (including phenoxy) is 1. The first kappa shape index (κ1) is 15.7. The molecule has 0 spiro atoms. The first-order valence-corrected chi connectivity index (χ1v) is 7.01. The molecule has 1 heterocycles. The van der Waals surface area contributed by atoms with E-state index in [9.17, 15) is 9.59 Å². The lowest BCUT2D eigenvalue weighted by molar-refractivity contribution is 0.0702. The maximum absolute atomic E-state index is 11.7. The minimum Gasteiger partial charge on any atom is -0.477 e. The molecule has 0 aliphatic heterocycles. The van der Waals surface area contributed by atoms with Crippen LogP contribution in [0.2, 0.25) is 0 Å². The maximum atomic E-state index is 11.7. The second kappa shape index (κ2) is 7.91. The topological polar surface area (TPSA) is 75.6 Å². The molecule has 1 amide bonds. The second-order valence-corrected chi connectivity index (χ2v) is 5.60. The van der Waals surface area contributed by atoms with Gasteiger partial charge in [-0.15, -0.1) is 11.3 Å². The van der Waals surface area contributed by atoms with Gasteiger partial charge in [0.1, 0.15) is 4.88 Å². The zero-order valence-corrected chi connectivity index (χ0v) is 12.0.